The molecule has 0 bridgehead atoms. The van der Waals surface area contributed by atoms with Crippen LogP contribution in [0.25, 0.3) is 11.5 Å². The van der Waals surface area contributed by atoms with E-state index in [2.05, 4.69) is 9.72 Å². The normalized spacial score (nSPS) is 20.1. The summed E-state index contributed by atoms with van der Waals surface area (Å²) in [5.41, 5.74) is 2.02. The summed E-state index contributed by atoms with van der Waals surface area (Å²) >= 11 is 0. The molecule has 1 aromatic carbocycles. The molecule has 26 heavy (non-hydrogen) atoms. The Kier molecular flexibility index (Phi) is 6.41. The van der Waals surface area contributed by atoms with Crippen molar-refractivity contribution in [2.24, 2.45) is 5.92 Å². The third-order valence-electron chi connectivity index (χ3n) is 4.55. The first-order valence-electron chi connectivity index (χ1n) is 9.00. The molecule has 2 heterocycles. The fourth-order valence-corrected chi connectivity index (χ4v) is 3.03. The van der Waals surface area contributed by atoms with Crippen molar-refractivity contribution in [1.29, 1.82) is 0 Å². The third-order valence-corrected chi connectivity index (χ3v) is 4.55. The lowest BCUT2D eigenvalue weighted by atomic mass is 10.0. The lowest BCUT2D eigenvalue weighted by Crippen LogP contribution is -2.38. The second-order valence-electron chi connectivity index (χ2n) is 6.52. The molecule has 0 radical (unpaired) electrons. The predicted octanol–water partition coefficient (Wildman–Crippen LogP) is 3.52. The highest BCUT2D eigenvalue weighted by atomic mass is 16.7. The van der Waals surface area contributed by atoms with Crippen molar-refractivity contribution in [1.82, 2.24) is 4.98 Å². The van der Waals surface area contributed by atoms with Crippen LogP contribution in [0, 0.1) is 12.8 Å². The first-order valence-corrected chi connectivity index (χ1v) is 9.00. The Morgan fingerprint density at radius 3 is 2.62 bits per heavy atom. The number of methoxy groups -OCH3 is 1. The van der Waals surface area contributed by atoms with E-state index in [1.165, 1.54) is 7.11 Å². The van der Waals surface area contributed by atoms with Gasteiger partial charge in [0.25, 0.3) is 6.29 Å². The van der Waals surface area contributed by atoms with Gasteiger partial charge in [0.15, 0.2) is 0 Å². The molecule has 6 nitrogen and oxygen atoms in total. The van der Waals surface area contributed by atoms with E-state index in [4.69, 9.17) is 13.9 Å². The van der Waals surface area contributed by atoms with Gasteiger partial charge in [0.1, 0.15) is 5.76 Å². The minimum absolute atomic E-state index is 0.314. The maximum atomic E-state index is 11.3. The summed E-state index contributed by atoms with van der Waals surface area (Å²) in [5, 5.41) is 0. The Bertz CT molecular complexity index is 704. The molecule has 140 valence electrons. The molecule has 0 amide bonds. The number of hydrogen-bond donors (Lipinski definition) is 0. The first kappa shape index (κ1) is 18.6. The highest BCUT2D eigenvalue weighted by Gasteiger charge is 2.28. The number of carbonyl (C=O) groups is 1. The minimum Gasteiger partial charge on any atom is -0.465 e. The number of rotatable bonds is 7. The van der Waals surface area contributed by atoms with Gasteiger partial charge in [-0.3, -0.25) is 0 Å². The molecular formula is C20H25NO5. The zero-order chi connectivity index (χ0) is 18.4. The van der Waals surface area contributed by atoms with Crippen LogP contribution in [0.4, 0.5) is 0 Å². The maximum Gasteiger partial charge on any atom is 0.363 e. The molecule has 0 spiro atoms. The molecule has 0 N–H and O–H groups in total. The Morgan fingerprint density at radius 2 is 1.92 bits per heavy atom. The van der Waals surface area contributed by atoms with Crippen LogP contribution in [0.1, 0.15) is 30.7 Å². The number of hydrogen-bond acceptors (Lipinski definition) is 6. The highest BCUT2D eigenvalue weighted by Crippen LogP contribution is 2.23. The van der Waals surface area contributed by atoms with Gasteiger partial charge in [-0.1, -0.05) is 24.6 Å². The number of ether oxygens (including phenoxy) is 3. The Labute approximate surface area is 153 Å². The van der Waals surface area contributed by atoms with Gasteiger partial charge in [-0.25, -0.2) is 9.78 Å². The number of oxazole rings is 1. The second kappa shape index (κ2) is 8.96. The lowest BCUT2D eigenvalue weighted by molar-refractivity contribution is -0.220. The number of benzene rings is 1. The molecule has 1 aromatic heterocycles. The zero-order valence-electron chi connectivity index (χ0n) is 15.3. The van der Waals surface area contributed by atoms with Gasteiger partial charge < -0.3 is 18.6 Å². The molecule has 1 aliphatic heterocycles. The van der Waals surface area contributed by atoms with E-state index in [1.54, 1.807) is 0 Å². The Hall–Kier alpha value is -2.18. The maximum absolute atomic E-state index is 11.3. The average molecular weight is 359 g/mol. The molecule has 1 aliphatic rings. The van der Waals surface area contributed by atoms with Crippen LogP contribution in [0.3, 0.4) is 0 Å². The molecule has 0 unspecified atom stereocenters. The summed E-state index contributed by atoms with van der Waals surface area (Å²) < 4.78 is 21.2. The Balaban J connectivity index is 1.41. The predicted molar refractivity (Wildman–Crippen MR) is 95.4 cm³/mol. The zero-order valence-corrected chi connectivity index (χ0v) is 15.3. The minimum atomic E-state index is -0.870. The fraction of sp³-hybridized carbons (Fsp3) is 0.500. The van der Waals surface area contributed by atoms with Gasteiger partial charge in [0.2, 0.25) is 5.89 Å². The van der Waals surface area contributed by atoms with Crippen molar-refractivity contribution in [2.45, 2.75) is 38.9 Å². The topological polar surface area (TPSA) is 70.8 Å². The van der Waals surface area contributed by atoms with E-state index >= 15 is 0 Å². The number of aryl methyl sites for hydroxylation is 2. The third kappa shape index (κ3) is 4.71. The van der Waals surface area contributed by atoms with Crippen LogP contribution in [0.2, 0.25) is 0 Å². The Morgan fingerprint density at radius 1 is 1.19 bits per heavy atom. The number of nitrogens with zero attached hydrogens (tertiary/aromatic N) is 1. The van der Waals surface area contributed by atoms with Crippen molar-refractivity contribution in [3.05, 3.63) is 41.8 Å². The quantitative estimate of drug-likeness (QED) is 0.556. The number of esters is 1. The monoisotopic (exact) mass is 359 g/mol. The summed E-state index contributed by atoms with van der Waals surface area (Å²) in [6, 6.07) is 9.94. The van der Waals surface area contributed by atoms with Crippen molar-refractivity contribution in [3.63, 3.8) is 0 Å². The smallest absolute Gasteiger partial charge is 0.363 e. The van der Waals surface area contributed by atoms with Crippen LogP contribution in [-0.4, -0.2) is 37.6 Å². The number of unbranched alkanes of at least 4 members (excludes halogenated alkanes) is 1. The van der Waals surface area contributed by atoms with E-state index in [9.17, 15) is 4.79 Å². The van der Waals surface area contributed by atoms with Gasteiger partial charge >= 0.3 is 5.97 Å². The van der Waals surface area contributed by atoms with Gasteiger partial charge in [0.05, 0.1) is 26.0 Å². The molecule has 0 atom stereocenters. The van der Waals surface area contributed by atoms with Gasteiger partial charge in [-0.05, 0) is 38.3 Å². The van der Waals surface area contributed by atoms with Crippen LogP contribution >= 0.6 is 0 Å². The SMILES string of the molecule is COC(=O)[C@H]1OC[C@H](CCCCc2nc(-c3ccccc3)oc2C)CO1. The molecule has 3 rings (SSSR count). The van der Waals surface area contributed by atoms with Crippen molar-refractivity contribution < 1.29 is 23.4 Å². The van der Waals surface area contributed by atoms with E-state index in [0.717, 1.165) is 42.7 Å². The van der Waals surface area contributed by atoms with Gasteiger partial charge in [0, 0.05) is 11.5 Å². The second-order valence-corrected chi connectivity index (χ2v) is 6.52. The average Bonchev–Trinajstić information content (AvgIpc) is 3.06. The van der Waals surface area contributed by atoms with E-state index in [-0.39, 0.29) is 0 Å². The summed E-state index contributed by atoms with van der Waals surface area (Å²) in [6.07, 6.45) is 3.09. The molecule has 6 heteroatoms. The molecule has 0 aliphatic carbocycles. The summed E-state index contributed by atoms with van der Waals surface area (Å²) in [5.74, 6) is 1.41. The fourth-order valence-electron chi connectivity index (χ4n) is 3.03. The van der Waals surface area contributed by atoms with E-state index in [1.807, 2.05) is 37.3 Å². The number of aromatic nitrogens is 1. The molecule has 1 saturated heterocycles. The van der Waals surface area contributed by atoms with E-state index in [0.29, 0.717) is 25.0 Å². The molecular weight excluding hydrogens is 334 g/mol. The van der Waals surface area contributed by atoms with Crippen LogP contribution < -0.4 is 0 Å². The molecule has 1 fully saturated rings. The first-order chi connectivity index (χ1) is 12.7. The van der Waals surface area contributed by atoms with Crippen LogP contribution in [0.5, 0.6) is 0 Å². The highest BCUT2D eigenvalue weighted by molar-refractivity contribution is 5.73. The lowest BCUT2D eigenvalue weighted by Gasteiger charge is -2.27. The standard InChI is InChI=1S/C20H25NO5/c1-14-17(21-18(26-14)16-9-4-3-5-10-16)11-7-6-8-15-12-24-20(25-13-15)19(22)23-2/h3-5,9-10,15,20H,6-8,11-13H2,1-2H3/t15-,20-. The van der Waals surface area contributed by atoms with Crippen molar-refractivity contribution in [3.8, 4) is 11.5 Å². The van der Waals surface area contributed by atoms with Crippen molar-refractivity contribution >= 4 is 5.97 Å². The summed E-state index contributed by atoms with van der Waals surface area (Å²) in [6.45, 7) is 3.02. The van der Waals surface area contributed by atoms with E-state index < -0.39 is 12.3 Å². The van der Waals surface area contributed by atoms with Gasteiger partial charge in [-0.2, -0.15) is 0 Å². The van der Waals surface area contributed by atoms with Crippen LogP contribution in [-0.2, 0) is 25.4 Å². The molecule has 0 saturated carbocycles. The number of carbonyl (C=O) groups excluding carboxylic acids is 1. The van der Waals surface area contributed by atoms with Crippen molar-refractivity contribution in [2.75, 3.05) is 20.3 Å². The summed E-state index contributed by atoms with van der Waals surface area (Å²) in [4.78, 5) is 16.0. The largest absolute Gasteiger partial charge is 0.465 e. The van der Waals surface area contributed by atoms with Crippen LogP contribution in [0.15, 0.2) is 34.7 Å². The van der Waals surface area contributed by atoms with Gasteiger partial charge in [-0.15, -0.1) is 0 Å². The molecule has 2 aromatic rings. The summed E-state index contributed by atoms with van der Waals surface area (Å²) in [7, 11) is 1.33.